The topological polar surface area (TPSA) is 56.8 Å². The highest BCUT2D eigenvalue weighted by atomic mass is 35.5. The molecular weight excluding hydrogens is 281 g/mol. The standard InChI is InChI=1S/C13H15ClFN5/c14-11-9(3-1-4-10(11)15)12-17-13(19-18-12)20-7-2-5-16-6-8-20/h1,3-4,16H,2,5-8H2,(H,17,18,19). The van der Waals surface area contributed by atoms with Crippen LogP contribution in [-0.4, -0.2) is 41.4 Å². The van der Waals surface area contributed by atoms with Gasteiger partial charge in [0.15, 0.2) is 5.82 Å². The number of anilines is 1. The summed E-state index contributed by atoms with van der Waals surface area (Å²) in [6.45, 7) is 3.67. The molecule has 1 saturated heterocycles. The summed E-state index contributed by atoms with van der Waals surface area (Å²) in [6.07, 6.45) is 1.05. The molecule has 106 valence electrons. The van der Waals surface area contributed by atoms with Crippen molar-refractivity contribution in [3.63, 3.8) is 0 Å². The van der Waals surface area contributed by atoms with Gasteiger partial charge in [0.25, 0.3) is 0 Å². The lowest BCUT2D eigenvalue weighted by Gasteiger charge is -2.16. The van der Waals surface area contributed by atoms with E-state index in [1.807, 2.05) is 0 Å². The lowest BCUT2D eigenvalue weighted by molar-refractivity contribution is 0.628. The monoisotopic (exact) mass is 295 g/mol. The van der Waals surface area contributed by atoms with E-state index in [9.17, 15) is 4.39 Å². The molecule has 1 aliphatic rings. The van der Waals surface area contributed by atoms with Crippen LogP contribution < -0.4 is 10.2 Å². The van der Waals surface area contributed by atoms with Gasteiger partial charge in [0, 0.05) is 25.2 Å². The Morgan fingerprint density at radius 2 is 2.15 bits per heavy atom. The zero-order valence-corrected chi connectivity index (χ0v) is 11.6. The van der Waals surface area contributed by atoms with Gasteiger partial charge in [-0.2, -0.15) is 4.98 Å². The predicted octanol–water partition coefficient (Wildman–Crippen LogP) is 2.06. The summed E-state index contributed by atoms with van der Waals surface area (Å²) in [6, 6.07) is 4.65. The van der Waals surface area contributed by atoms with Gasteiger partial charge in [0.2, 0.25) is 5.95 Å². The van der Waals surface area contributed by atoms with Gasteiger partial charge in [-0.05, 0) is 25.1 Å². The van der Waals surface area contributed by atoms with E-state index in [1.165, 1.54) is 6.07 Å². The highest BCUT2D eigenvalue weighted by molar-refractivity contribution is 6.33. The number of H-pyrrole nitrogens is 1. The first-order valence-corrected chi connectivity index (χ1v) is 6.96. The van der Waals surface area contributed by atoms with Gasteiger partial charge in [0.05, 0.1) is 5.02 Å². The molecule has 0 radical (unpaired) electrons. The third-order valence-corrected chi connectivity index (χ3v) is 3.69. The molecule has 1 aromatic carbocycles. The molecule has 2 aromatic rings. The molecule has 2 N–H and O–H groups in total. The molecule has 1 aromatic heterocycles. The number of nitrogens with one attached hydrogen (secondary N) is 2. The fourth-order valence-corrected chi connectivity index (χ4v) is 2.46. The van der Waals surface area contributed by atoms with E-state index in [0.717, 1.165) is 32.6 Å². The molecular formula is C13H15ClFN5. The van der Waals surface area contributed by atoms with Crippen molar-refractivity contribution in [1.29, 1.82) is 0 Å². The molecule has 0 aliphatic carbocycles. The first-order chi connectivity index (χ1) is 9.75. The maximum Gasteiger partial charge on any atom is 0.245 e. The molecule has 0 amide bonds. The average Bonchev–Trinajstić information content (AvgIpc) is 2.77. The summed E-state index contributed by atoms with van der Waals surface area (Å²) < 4.78 is 13.5. The Labute approximate surface area is 121 Å². The molecule has 0 unspecified atom stereocenters. The van der Waals surface area contributed by atoms with Crippen molar-refractivity contribution >= 4 is 17.5 Å². The van der Waals surface area contributed by atoms with E-state index < -0.39 is 5.82 Å². The Hall–Kier alpha value is -1.66. The van der Waals surface area contributed by atoms with Crippen LogP contribution in [0.5, 0.6) is 0 Å². The van der Waals surface area contributed by atoms with Crippen molar-refractivity contribution < 1.29 is 4.39 Å². The minimum atomic E-state index is -0.457. The van der Waals surface area contributed by atoms with Crippen molar-refractivity contribution in [3.05, 3.63) is 29.0 Å². The van der Waals surface area contributed by atoms with Crippen LogP contribution in [0.4, 0.5) is 10.3 Å². The number of benzene rings is 1. The van der Waals surface area contributed by atoms with Crippen molar-refractivity contribution in [2.24, 2.45) is 0 Å². The summed E-state index contributed by atoms with van der Waals surface area (Å²) in [7, 11) is 0. The van der Waals surface area contributed by atoms with Crippen molar-refractivity contribution in [2.75, 3.05) is 31.1 Å². The Morgan fingerprint density at radius 3 is 3.05 bits per heavy atom. The van der Waals surface area contributed by atoms with Crippen molar-refractivity contribution in [3.8, 4) is 11.4 Å². The van der Waals surface area contributed by atoms with Crippen LogP contribution in [0, 0.1) is 5.82 Å². The Bertz CT molecular complexity index is 592. The molecule has 2 heterocycles. The fourth-order valence-electron chi connectivity index (χ4n) is 2.25. The molecule has 7 heteroatoms. The first kappa shape index (κ1) is 13.3. The zero-order chi connectivity index (χ0) is 13.9. The summed E-state index contributed by atoms with van der Waals surface area (Å²) in [5, 5.41) is 10.4. The maximum atomic E-state index is 13.5. The SMILES string of the molecule is Fc1cccc(-c2nc(N3CCCNCC3)n[nH]2)c1Cl. The Kier molecular flexibility index (Phi) is 3.84. The Morgan fingerprint density at radius 1 is 1.25 bits per heavy atom. The van der Waals surface area contributed by atoms with Gasteiger partial charge < -0.3 is 10.2 Å². The van der Waals surface area contributed by atoms with E-state index in [1.54, 1.807) is 12.1 Å². The van der Waals surface area contributed by atoms with Crippen LogP contribution in [0.1, 0.15) is 6.42 Å². The highest BCUT2D eigenvalue weighted by Crippen LogP contribution is 2.28. The summed E-state index contributed by atoms with van der Waals surface area (Å²) in [4.78, 5) is 6.53. The van der Waals surface area contributed by atoms with Crippen molar-refractivity contribution in [1.82, 2.24) is 20.5 Å². The lowest BCUT2D eigenvalue weighted by atomic mass is 10.2. The molecule has 20 heavy (non-hydrogen) atoms. The lowest BCUT2D eigenvalue weighted by Crippen LogP contribution is -2.28. The van der Waals surface area contributed by atoms with Crippen LogP contribution in [0.3, 0.4) is 0 Å². The van der Waals surface area contributed by atoms with Crippen LogP contribution in [-0.2, 0) is 0 Å². The van der Waals surface area contributed by atoms with Gasteiger partial charge in [-0.25, -0.2) is 4.39 Å². The van der Waals surface area contributed by atoms with Gasteiger partial charge in [-0.1, -0.05) is 17.7 Å². The maximum absolute atomic E-state index is 13.5. The van der Waals surface area contributed by atoms with E-state index >= 15 is 0 Å². The molecule has 3 rings (SSSR count). The average molecular weight is 296 g/mol. The zero-order valence-electron chi connectivity index (χ0n) is 10.9. The van der Waals surface area contributed by atoms with E-state index in [4.69, 9.17) is 11.6 Å². The van der Waals surface area contributed by atoms with Gasteiger partial charge >= 0.3 is 0 Å². The predicted molar refractivity (Wildman–Crippen MR) is 76.5 cm³/mol. The molecule has 0 bridgehead atoms. The molecule has 0 spiro atoms. The largest absolute Gasteiger partial charge is 0.338 e. The smallest absolute Gasteiger partial charge is 0.245 e. The minimum Gasteiger partial charge on any atom is -0.338 e. The summed E-state index contributed by atoms with van der Waals surface area (Å²) >= 11 is 5.96. The van der Waals surface area contributed by atoms with Crippen LogP contribution >= 0.6 is 11.6 Å². The second kappa shape index (κ2) is 5.76. The van der Waals surface area contributed by atoms with E-state index in [0.29, 0.717) is 17.3 Å². The fraction of sp³-hybridized carbons (Fsp3) is 0.385. The van der Waals surface area contributed by atoms with Crippen LogP contribution in [0.2, 0.25) is 5.02 Å². The van der Waals surface area contributed by atoms with Gasteiger partial charge in [-0.15, -0.1) is 5.10 Å². The van der Waals surface area contributed by atoms with Crippen LogP contribution in [0.25, 0.3) is 11.4 Å². The first-order valence-electron chi connectivity index (χ1n) is 6.58. The Balaban J connectivity index is 1.87. The van der Waals surface area contributed by atoms with E-state index in [2.05, 4.69) is 25.4 Å². The minimum absolute atomic E-state index is 0.0627. The molecule has 0 atom stereocenters. The number of nitrogens with zero attached hydrogens (tertiary/aromatic N) is 3. The van der Waals surface area contributed by atoms with E-state index in [-0.39, 0.29) is 5.02 Å². The highest BCUT2D eigenvalue weighted by Gasteiger charge is 2.16. The molecule has 1 aliphatic heterocycles. The number of rotatable bonds is 2. The molecule has 0 saturated carbocycles. The number of aromatic amines is 1. The second-order valence-corrected chi connectivity index (χ2v) is 5.05. The second-order valence-electron chi connectivity index (χ2n) is 4.68. The quantitative estimate of drug-likeness (QED) is 0.890. The summed E-state index contributed by atoms with van der Waals surface area (Å²) in [5.41, 5.74) is 0.526. The third kappa shape index (κ3) is 2.62. The third-order valence-electron chi connectivity index (χ3n) is 3.30. The number of hydrogen-bond acceptors (Lipinski definition) is 4. The molecule has 5 nitrogen and oxygen atoms in total. The molecule has 1 fully saturated rings. The summed E-state index contributed by atoms with van der Waals surface area (Å²) in [5.74, 6) is 0.659. The normalized spacial score (nSPS) is 16.2. The van der Waals surface area contributed by atoms with Crippen LogP contribution in [0.15, 0.2) is 18.2 Å². The van der Waals surface area contributed by atoms with Gasteiger partial charge in [-0.3, -0.25) is 5.10 Å². The number of halogens is 2. The van der Waals surface area contributed by atoms with Gasteiger partial charge in [0.1, 0.15) is 5.82 Å². The van der Waals surface area contributed by atoms with Crippen molar-refractivity contribution in [2.45, 2.75) is 6.42 Å². The number of aromatic nitrogens is 3. The number of hydrogen-bond donors (Lipinski definition) is 2.